The molecule has 1 fully saturated rings. The van der Waals surface area contributed by atoms with Gasteiger partial charge in [-0.15, -0.1) is 0 Å². The third-order valence-corrected chi connectivity index (χ3v) is 6.61. The van der Waals surface area contributed by atoms with Crippen LogP contribution in [0.4, 0.5) is 4.39 Å². The largest absolute Gasteiger partial charge is 0.462 e. The predicted octanol–water partition coefficient (Wildman–Crippen LogP) is 5.61. The number of hydrogen-bond acceptors (Lipinski definition) is 3. The minimum absolute atomic E-state index is 0.0613. The normalized spacial score (nSPS) is 19.4. The van der Waals surface area contributed by atoms with Crippen LogP contribution in [0.1, 0.15) is 85.1 Å². The zero-order valence-corrected chi connectivity index (χ0v) is 18.8. The Kier molecular flexibility index (Phi) is 5.90. The van der Waals surface area contributed by atoms with E-state index in [1.807, 2.05) is 0 Å². The van der Waals surface area contributed by atoms with Crippen LogP contribution in [-0.4, -0.2) is 30.6 Å². The van der Waals surface area contributed by atoms with E-state index in [4.69, 9.17) is 4.74 Å². The van der Waals surface area contributed by atoms with Crippen molar-refractivity contribution in [2.45, 2.75) is 64.0 Å². The van der Waals surface area contributed by atoms with Crippen LogP contribution in [0.25, 0.3) is 0 Å². The topological polar surface area (TPSA) is 29.5 Å². The van der Waals surface area contributed by atoms with Crippen molar-refractivity contribution >= 4 is 5.97 Å². The highest BCUT2D eigenvalue weighted by Crippen LogP contribution is 2.46. The molecule has 2 aromatic carbocycles. The first-order valence-electron chi connectivity index (χ1n) is 11.1. The summed E-state index contributed by atoms with van der Waals surface area (Å²) >= 11 is 0. The monoisotopic (exact) mass is 419 g/mol. The molecule has 162 valence electrons. The minimum Gasteiger partial charge on any atom is -0.462 e. The molecule has 4 heteroatoms. The molecule has 0 aromatic heterocycles. The van der Waals surface area contributed by atoms with Crippen LogP contribution in [0, 0.1) is 17.7 Å². The van der Waals surface area contributed by atoms with Crippen molar-refractivity contribution in [3.05, 3.63) is 70.0 Å². The van der Waals surface area contributed by atoms with E-state index in [1.165, 1.54) is 42.5 Å². The summed E-state index contributed by atoms with van der Waals surface area (Å²) in [5.74, 6) is 4.97. The Bertz CT molecular complexity index is 1060. The number of nitrogens with zero attached hydrogens (tertiary/aromatic N) is 1. The number of carbonyl (C=O) groups is 1. The fourth-order valence-electron chi connectivity index (χ4n) is 4.57. The zero-order valence-electron chi connectivity index (χ0n) is 18.8. The lowest BCUT2D eigenvalue weighted by atomic mass is 9.70. The van der Waals surface area contributed by atoms with Crippen molar-refractivity contribution < 1.29 is 13.9 Å². The van der Waals surface area contributed by atoms with Gasteiger partial charge in [-0.05, 0) is 86.5 Å². The van der Waals surface area contributed by atoms with Gasteiger partial charge in [-0.3, -0.25) is 4.90 Å². The van der Waals surface area contributed by atoms with Crippen LogP contribution in [0.5, 0.6) is 0 Å². The molecule has 0 N–H and O–H groups in total. The fraction of sp³-hybridized carbons (Fsp3) is 0.444. The van der Waals surface area contributed by atoms with E-state index < -0.39 is 11.8 Å². The number of ether oxygens (including phenoxy) is 1. The predicted molar refractivity (Wildman–Crippen MR) is 121 cm³/mol. The molecule has 0 spiro atoms. The van der Waals surface area contributed by atoms with Gasteiger partial charge >= 0.3 is 5.97 Å². The summed E-state index contributed by atoms with van der Waals surface area (Å²) in [6.45, 7) is 6.52. The van der Waals surface area contributed by atoms with Gasteiger partial charge in [-0.25, -0.2) is 9.18 Å². The number of esters is 1. The number of benzene rings is 2. The van der Waals surface area contributed by atoms with Gasteiger partial charge in [-0.2, -0.15) is 0 Å². The molecule has 2 aliphatic rings. The molecule has 0 radical (unpaired) electrons. The lowest BCUT2D eigenvalue weighted by Gasteiger charge is -2.41. The van der Waals surface area contributed by atoms with E-state index in [0.29, 0.717) is 11.6 Å². The average Bonchev–Trinajstić information content (AvgIpc) is 3.58. The first-order valence-corrected chi connectivity index (χ1v) is 11.1. The van der Waals surface area contributed by atoms with Crippen LogP contribution < -0.4 is 0 Å². The summed E-state index contributed by atoms with van der Waals surface area (Å²) in [6.07, 6.45) is 4.95. The van der Waals surface area contributed by atoms with Crippen LogP contribution in [0.2, 0.25) is 0 Å². The smallest absolute Gasteiger partial charge is 0.341 e. The molecule has 2 aromatic rings. The molecular weight excluding hydrogens is 389 g/mol. The summed E-state index contributed by atoms with van der Waals surface area (Å²) in [7, 11) is 2.26. The van der Waals surface area contributed by atoms with E-state index >= 15 is 0 Å². The molecular formula is C27H30FNO2. The third kappa shape index (κ3) is 4.52. The van der Waals surface area contributed by atoms with Crippen LogP contribution >= 0.6 is 0 Å². The van der Waals surface area contributed by atoms with Gasteiger partial charge in [0.05, 0.1) is 12.2 Å². The van der Waals surface area contributed by atoms with E-state index in [-0.39, 0.29) is 17.6 Å². The maximum absolute atomic E-state index is 14.3. The van der Waals surface area contributed by atoms with Gasteiger partial charge in [0.2, 0.25) is 0 Å². The lowest BCUT2D eigenvalue weighted by molar-refractivity contribution is 0.0521. The second kappa shape index (κ2) is 8.48. The minimum atomic E-state index is -0.651. The van der Waals surface area contributed by atoms with Crippen molar-refractivity contribution in [3.63, 3.8) is 0 Å². The first kappa shape index (κ1) is 21.6. The second-order valence-corrected chi connectivity index (χ2v) is 9.30. The van der Waals surface area contributed by atoms with E-state index in [9.17, 15) is 9.18 Å². The number of rotatable bonds is 4. The van der Waals surface area contributed by atoms with E-state index in [0.717, 1.165) is 18.0 Å². The van der Waals surface area contributed by atoms with Gasteiger partial charge in [0.1, 0.15) is 5.82 Å². The van der Waals surface area contributed by atoms with Crippen molar-refractivity contribution in [1.29, 1.82) is 0 Å². The molecule has 0 aliphatic heterocycles. The molecule has 0 saturated heterocycles. The third-order valence-electron chi connectivity index (χ3n) is 6.61. The van der Waals surface area contributed by atoms with Crippen molar-refractivity contribution in [2.24, 2.45) is 0 Å². The maximum Gasteiger partial charge on any atom is 0.341 e. The van der Waals surface area contributed by atoms with Gasteiger partial charge in [-0.1, -0.05) is 31.8 Å². The molecule has 1 unspecified atom stereocenters. The highest BCUT2D eigenvalue weighted by Gasteiger charge is 2.38. The van der Waals surface area contributed by atoms with E-state index in [2.05, 4.69) is 55.8 Å². The number of fused-ring (bicyclic) bond motifs is 1. The Labute approximate surface area is 184 Å². The van der Waals surface area contributed by atoms with Crippen LogP contribution in [0.15, 0.2) is 36.4 Å². The molecule has 0 heterocycles. The summed E-state index contributed by atoms with van der Waals surface area (Å²) in [5.41, 5.74) is 4.30. The molecule has 4 rings (SSSR count). The Morgan fingerprint density at radius 1 is 1.13 bits per heavy atom. The SMILES string of the molecule is CCOC(=O)c1ccc(C#Cc2ccc3c(c2)C(C)(C)CCC3N(C)C2CC2)cc1F. The lowest BCUT2D eigenvalue weighted by Crippen LogP contribution is -2.35. The molecule has 2 aliphatic carbocycles. The van der Waals surface area contributed by atoms with Crippen molar-refractivity contribution in [1.82, 2.24) is 4.90 Å². The van der Waals surface area contributed by atoms with Gasteiger partial charge in [0, 0.05) is 23.2 Å². The summed E-state index contributed by atoms with van der Waals surface area (Å²) in [4.78, 5) is 14.3. The number of hydrogen-bond donors (Lipinski definition) is 0. The molecule has 3 nitrogen and oxygen atoms in total. The summed E-state index contributed by atoms with van der Waals surface area (Å²) in [5, 5.41) is 0. The van der Waals surface area contributed by atoms with Gasteiger partial charge in [0.25, 0.3) is 0 Å². The zero-order chi connectivity index (χ0) is 22.2. The molecule has 0 amide bonds. The fourth-order valence-corrected chi connectivity index (χ4v) is 4.57. The highest BCUT2D eigenvalue weighted by molar-refractivity contribution is 5.89. The molecule has 31 heavy (non-hydrogen) atoms. The molecule has 0 bridgehead atoms. The standard InChI is InChI=1S/C27H30FNO2/c1-5-31-26(30)22-13-9-19(17-24(22)28)7-6-18-8-12-21-23(16-18)27(2,3)15-14-25(21)29(4)20-10-11-20/h8-9,12-13,16-17,20,25H,5,10-11,14-15H2,1-4H3. The van der Waals surface area contributed by atoms with Crippen molar-refractivity contribution in [3.8, 4) is 11.8 Å². The Morgan fingerprint density at radius 2 is 1.81 bits per heavy atom. The Hall–Kier alpha value is -2.64. The van der Waals surface area contributed by atoms with Crippen LogP contribution in [0.3, 0.4) is 0 Å². The Balaban J connectivity index is 1.60. The summed E-state index contributed by atoms with van der Waals surface area (Å²) < 4.78 is 19.2. The maximum atomic E-state index is 14.3. The molecule has 1 atom stereocenters. The van der Waals surface area contributed by atoms with E-state index in [1.54, 1.807) is 13.0 Å². The number of carbonyl (C=O) groups excluding carboxylic acids is 1. The van der Waals surface area contributed by atoms with Gasteiger partial charge < -0.3 is 4.74 Å². The second-order valence-electron chi connectivity index (χ2n) is 9.30. The van der Waals surface area contributed by atoms with Gasteiger partial charge in [0.15, 0.2) is 0 Å². The van der Waals surface area contributed by atoms with Crippen molar-refractivity contribution in [2.75, 3.05) is 13.7 Å². The molecule has 1 saturated carbocycles. The Morgan fingerprint density at radius 3 is 2.45 bits per heavy atom. The van der Waals surface area contributed by atoms with Crippen LogP contribution in [-0.2, 0) is 10.2 Å². The number of halogens is 1. The summed E-state index contributed by atoms with van der Waals surface area (Å²) in [6, 6.07) is 12.1. The quantitative estimate of drug-likeness (QED) is 0.477. The first-order chi connectivity index (χ1) is 14.8. The average molecular weight is 420 g/mol. The highest BCUT2D eigenvalue weighted by atomic mass is 19.1.